The number of likely N-dealkylation sites (N-methyl/N-ethyl adjacent to an activating group) is 1. The number of rotatable bonds is 5. The third kappa shape index (κ3) is 4.91. The van der Waals surface area contributed by atoms with Gasteiger partial charge in [-0.15, -0.1) is 0 Å². The van der Waals surface area contributed by atoms with Crippen molar-refractivity contribution < 1.29 is 4.79 Å². The number of hydrogen-bond acceptors (Lipinski definition) is 2. The molecule has 0 fully saturated rings. The molecule has 3 heteroatoms. The maximum absolute atomic E-state index is 11.1. The van der Waals surface area contributed by atoms with Gasteiger partial charge < -0.3 is 11.1 Å². The highest BCUT2D eigenvalue weighted by molar-refractivity contribution is 5.92. The zero-order chi connectivity index (χ0) is 9.40. The second-order valence-electron chi connectivity index (χ2n) is 2.68. The van der Waals surface area contributed by atoms with E-state index in [1.54, 1.807) is 0 Å². The van der Waals surface area contributed by atoms with E-state index in [1.165, 1.54) is 0 Å². The molecule has 12 heavy (non-hydrogen) atoms. The lowest BCUT2D eigenvalue weighted by molar-refractivity contribution is -0.117. The van der Waals surface area contributed by atoms with E-state index in [0.29, 0.717) is 13.1 Å². The van der Waals surface area contributed by atoms with Crippen LogP contribution in [-0.2, 0) is 4.79 Å². The molecule has 1 amide bonds. The van der Waals surface area contributed by atoms with Gasteiger partial charge in [-0.05, 0) is 33.2 Å². The van der Waals surface area contributed by atoms with Crippen molar-refractivity contribution in [3.8, 4) is 0 Å². The monoisotopic (exact) mass is 170 g/mol. The predicted octanol–water partition coefficient (Wildman–Crippen LogP) is 0.808. The first-order valence-electron chi connectivity index (χ1n) is 4.37. The number of hydrogen-bond donors (Lipinski definition) is 2. The maximum Gasteiger partial charge on any atom is 0.246 e. The molecular formula is C9H18N2O. The summed E-state index contributed by atoms with van der Waals surface area (Å²) in [6, 6.07) is 0. The molecule has 0 aromatic carbocycles. The minimum Gasteiger partial charge on any atom is -0.353 e. The van der Waals surface area contributed by atoms with E-state index in [4.69, 9.17) is 5.73 Å². The smallest absolute Gasteiger partial charge is 0.246 e. The fraction of sp³-hybridized carbons (Fsp3) is 0.667. The molecule has 3 N–H and O–H groups in total. The maximum atomic E-state index is 11.1. The average molecular weight is 170 g/mol. The molecule has 0 aliphatic heterocycles. The largest absolute Gasteiger partial charge is 0.353 e. The molecule has 0 aromatic heterocycles. The van der Waals surface area contributed by atoms with Crippen molar-refractivity contribution in [2.45, 2.75) is 26.7 Å². The van der Waals surface area contributed by atoms with Crippen LogP contribution in [0.15, 0.2) is 11.6 Å². The second kappa shape index (κ2) is 6.85. The number of nitrogens with two attached hydrogens (primary N) is 1. The quantitative estimate of drug-likeness (QED) is 0.474. The number of carbonyl (C=O) groups is 1. The molecule has 0 radical (unpaired) electrons. The first-order chi connectivity index (χ1) is 5.72. The summed E-state index contributed by atoms with van der Waals surface area (Å²) in [5, 5.41) is 2.73. The number of allylic oxidation sites excluding steroid dienone is 1. The molecule has 0 saturated carbocycles. The van der Waals surface area contributed by atoms with Gasteiger partial charge in [0.1, 0.15) is 0 Å². The Bertz CT molecular complexity index is 164. The molecule has 0 spiro atoms. The van der Waals surface area contributed by atoms with Crippen LogP contribution in [0.4, 0.5) is 0 Å². The van der Waals surface area contributed by atoms with E-state index in [0.717, 1.165) is 18.4 Å². The standard InChI is InChI=1S/C9H18N2O/c1-3-11-9(12)8(2)6-4-5-7-10/h6H,3-5,7,10H2,1-2H3,(H,11,12). The number of carbonyl (C=O) groups excluding carboxylic acids is 1. The minimum absolute atomic E-state index is 0.0227. The van der Waals surface area contributed by atoms with Crippen LogP contribution < -0.4 is 11.1 Å². The van der Waals surface area contributed by atoms with E-state index in [-0.39, 0.29) is 5.91 Å². The summed E-state index contributed by atoms with van der Waals surface area (Å²) in [7, 11) is 0. The van der Waals surface area contributed by atoms with Crippen LogP contribution in [0.25, 0.3) is 0 Å². The lowest BCUT2D eigenvalue weighted by Gasteiger charge is -2.01. The molecule has 0 aliphatic rings. The van der Waals surface area contributed by atoms with Gasteiger partial charge in [-0.25, -0.2) is 0 Å². The summed E-state index contributed by atoms with van der Waals surface area (Å²) in [6.45, 7) is 5.09. The molecule has 0 atom stereocenters. The summed E-state index contributed by atoms with van der Waals surface area (Å²) in [5.41, 5.74) is 6.10. The van der Waals surface area contributed by atoms with E-state index in [9.17, 15) is 4.79 Å². The Morgan fingerprint density at radius 3 is 2.75 bits per heavy atom. The van der Waals surface area contributed by atoms with Crippen molar-refractivity contribution in [3.63, 3.8) is 0 Å². The van der Waals surface area contributed by atoms with Crippen LogP contribution in [0, 0.1) is 0 Å². The topological polar surface area (TPSA) is 55.1 Å². The molecule has 0 heterocycles. The summed E-state index contributed by atoms with van der Waals surface area (Å²) >= 11 is 0. The van der Waals surface area contributed by atoms with Gasteiger partial charge in [-0.1, -0.05) is 6.08 Å². The van der Waals surface area contributed by atoms with Gasteiger partial charge >= 0.3 is 0 Å². The minimum atomic E-state index is 0.0227. The zero-order valence-electron chi connectivity index (χ0n) is 7.89. The first-order valence-corrected chi connectivity index (χ1v) is 4.37. The Kier molecular flexibility index (Phi) is 6.38. The summed E-state index contributed by atoms with van der Waals surface area (Å²) in [4.78, 5) is 11.1. The van der Waals surface area contributed by atoms with E-state index >= 15 is 0 Å². The molecule has 70 valence electrons. The summed E-state index contributed by atoms with van der Waals surface area (Å²) in [6.07, 6.45) is 3.76. The number of amides is 1. The molecular weight excluding hydrogens is 152 g/mol. The van der Waals surface area contributed by atoms with Gasteiger partial charge in [0.05, 0.1) is 0 Å². The fourth-order valence-electron chi connectivity index (χ4n) is 0.829. The van der Waals surface area contributed by atoms with Crippen LogP contribution in [-0.4, -0.2) is 19.0 Å². The Balaban J connectivity index is 3.74. The highest BCUT2D eigenvalue weighted by atomic mass is 16.1. The third-order valence-corrected chi connectivity index (χ3v) is 1.55. The van der Waals surface area contributed by atoms with Crippen LogP contribution in [0.5, 0.6) is 0 Å². The Hall–Kier alpha value is -0.830. The lowest BCUT2D eigenvalue weighted by atomic mass is 10.2. The van der Waals surface area contributed by atoms with Crippen molar-refractivity contribution in [2.75, 3.05) is 13.1 Å². The van der Waals surface area contributed by atoms with Crippen molar-refractivity contribution in [1.29, 1.82) is 0 Å². The first kappa shape index (κ1) is 11.2. The SMILES string of the molecule is CCNC(=O)C(C)=CCCCN. The highest BCUT2D eigenvalue weighted by Gasteiger charge is 1.99. The summed E-state index contributed by atoms with van der Waals surface area (Å²) < 4.78 is 0. The van der Waals surface area contributed by atoms with Crippen molar-refractivity contribution in [3.05, 3.63) is 11.6 Å². The van der Waals surface area contributed by atoms with E-state index in [2.05, 4.69) is 5.32 Å². The molecule has 0 rings (SSSR count). The van der Waals surface area contributed by atoms with Crippen LogP contribution >= 0.6 is 0 Å². The molecule has 0 aromatic rings. The molecule has 0 aliphatic carbocycles. The van der Waals surface area contributed by atoms with Gasteiger partial charge in [-0.3, -0.25) is 4.79 Å². The number of unbranched alkanes of at least 4 members (excludes halogenated alkanes) is 1. The van der Waals surface area contributed by atoms with E-state index < -0.39 is 0 Å². The number of nitrogens with one attached hydrogen (secondary N) is 1. The fourth-order valence-corrected chi connectivity index (χ4v) is 0.829. The van der Waals surface area contributed by atoms with Crippen molar-refractivity contribution in [2.24, 2.45) is 5.73 Å². The molecule has 0 bridgehead atoms. The van der Waals surface area contributed by atoms with Crippen molar-refractivity contribution in [1.82, 2.24) is 5.32 Å². The van der Waals surface area contributed by atoms with Crippen molar-refractivity contribution >= 4 is 5.91 Å². The van der Waals surface area contributed by atoms with Gasteiger partial charge in [0.25, 0.3) is 0 Å². The van der Waals surface area contributed by atoms with E-state index in [1.807, 2.05) is 19.9 Å². The van der Waals surface area contributed by atoms with Gasteiger partial charge in [0.15, 0.2) is 0 Å². The average Bonchev–Trinajstić information content (AvgIpc) is 2.05. The third-order valence-electron chi connectivity index (χ3n) is 1.55. The highest BCUT2D eigenvalue weighted by Crippen LogP contribution is 1.97. The Labute approximate surface area is 74.0 Å². The lowest BCUT2D eigenvalue weighted by Crippen LogP contribution is -2.23. The normalized spacial score (nSPS) is 11.4. The molecule has 3 nitrogen and oxygen atoms in total. The predicted molar refractivity (Wildman–Crippen MR) is 50.7 cm³/mol. The van der Waals surface area contributed by atoms with Gasteiger partial charge in [-0.2, -0.15) is 0 Å². The Morgan fingerprint density at radius 2 is 2.25 bits per heavy atom. The van der Waals surface area contributed by atoms with Crippen LogP contribution in [0.2, 0.25) is 0 Å². The summed E-state index contributed by atoms with van der Waals surface area (Å²) in [5.74, 6) is 0.0227. The Morgan fingerprint density at radius 1 is 1.58 bits per heavy atom. The van der Waals surface area contributed by atoms with Gasteiger partial charge in [0, 0.05) is 12.1 Å². The molecule has 0 saturated heterocycles. The van der Waals surface area contributed by atoms with Crippen LogP contribution in [0.1, 0.15) is 26.7 Å². The zero-order valence-corrected chi connectivity index (χ0v) is 7.89. The second-order valence-corrected chi connectivity index (χ2v) is 2.68. The van der Waals surface area contributed by atoms with Crippen LogP contribution in [0.3, 0.4) is 0 Å². The van der Waals surface area contributed by atoms with Gasteiger partial charge in [0.2, 0.25) is 5.91 Å². The molecule has 0 unspecified atom stereocenters.